The van der Waals surface area contributed by atoms with Gasteiger partial charge in [-0.2, -0.15) is 0 Å². The zero-order valence-electron chi connectivity index (χ0n) is 32.9. The molecule has 3 fully saturated rings. The van der Waals surface area contributed by atoms with Gasteiger partial charge >= 0.3 is 5.97 Å². The summed E-state index contributed by atoms with van der Waals surface area (Å²) in [5.74, 6) is -4.98. The number of esters is 1. The molecule has 14 nitrogen and oxygen atoms in total. The summed E-state index contributed by atoms with van der Waals surface area (Å²) in [6, 6.07) is -0.324. The Morgan fingerprint density at radius 3 is 2.04 bits per heavy atom. The van der Waals surface area contributed by atoms with E-state index in [1.165, 1.54) is 27.9 Å². The van der Waals surface area contributed by atoms with Crippen molar-refractivity contribution in [2.24, 2.45) is 23.7 Å². The van der Waals surface area contributed by atoms with Crippen molar-refractivity contribution in [2.75, 3.05) is 21.2 Å². The van der Waals surface area contributed by atoms with Gasteiger partial charge < -0.3 is 58.9 Å². The number of aliphatic hydroxyl groups is 5. The van der Waals surface area contributed by atoms with E-state index in [0.29, 0.717) is 6.42 Å². The minimum Gasteiger partial charge on any atom is -0.459 e. The molecule has 0 bridgehead atoms. The Kier molecular flexibility index (Phi) is 14.7. The Balaban J connectivity index is 2.18. The molecule has 0 aromatic rings. The SMILES string of the molecule is CC[C@H]1OC(=O)[C@H](C)[C@@H](O[C@@H]2C[C@](C)(OC)[C@H](O)[C@@H](C)O2)[C@H](C)[C@@H](O[C@@H]2O[C@H](C)C[C@H](N(C)C)[C@H]2O)[C@](C)(O)C[C@@H](C)C(=O)[C@H](C)[C@@H](O)[C@@]1(C)O. The van der Waals surface area contributed by atoms with Crippen LogP contribution in [0.1, 0.15) is 94.9 Å². The number of ether oxygens (including phenoxy) is 6. The summed E-state index contributed by atoms with van der Waals surface area (Å²) in [6.45, 7) is 16.3. The van der Waals surface area contributed by atoms with Crippen LogP contribution in [0.3, 0.4) is 0 Å². The largest absolute Gasteiger partial charge is 0.459 e. The Bertz CT molecular complexity index is 1170. The van der Waals surface area contributed by atoms with Crippen LogP contribution in [0.2, 0.25) is 0 Å². The number of ketones is 1. The number of carbonyl (C=O) groups excluding carboxylic acids is 2. The minimum absolute atomic E-state index is 0.0936. The smallest absolute Gasteiger partial charge is 0.311 e. The maximum atomic E-state index is 14.1. The van der Waals surface area contributed by atoms with Gasteiger partial charge in [-0.05, 0) is 74.9 Å². The Hall–Kier alpha value is -1.30. The second kappa shape index (κ2) is 17.0. The standard InChI is InChI=1S/C37H67NO13/c1-14-25-37(10,45)30(41)20(4)27(39)18(2)16-35(8,44)32(51-34-28(40)24(38(11)12)15-19(3)47-34)21(5)29(22(6)33(43)49-25)50-26-17-36(9,46-13)31(42)23(7)48-26/h18-26,28-32,34,40-42,44-45H,14-17H2,1-13H3/t18-,19-,20+,21+,22-,23-,24+,25-,26-,28-,29+,30-,31-,32-,34+,35-,36+,37+/m1/s1. The lowest BCUT2D eigenvalue weighted by Crippen LogP contribution is -2.61. The van der Waals surface area contributed by atoms with Gasteiger partial charge in [-0.3, -0.25) is 9.59 Å². The van der Waals surface area contributed by atoms with Gasteiger partial charge in [0.05, 0.1) is 47.6 Å². The summed E-state index contributed by atoms with van der Waals surface area (Å²) in [5.41, 5.74) is -4.84. The second-order valence-corrected chi connectivity index (χ2v) is 16.5. The Morgan fingerprint density at radius 1 is 0.882 bits per heavy atom. The maximum Gasteiger partial charge on any atom is 0.311 e. The first kappa shape index (κ1) is 44.1. The average molecular weight is 734 g/mol. The number of nitrogens with zero attached hydrogens (tertiary/aromatic N) is 1. The molecule has 0 amide bonds. The van der Waals surface area contributed by atoms with E-state index < -0.39 is 108 Å². The molecular formula is C37H67NO13. The van der Waals surface area contributed by atoms with E-state index in [9.17, 15) is 35.1 Å². The minimum atomic E-state index is -1.99. The predicted molar refractivity (Wildman–Crippen MR) is 186 cm³/mol. The molecule has 0 aliphatic carbocycles. The number of hydrogen-bond acceptors (Lipinski definition) is 14. The summed E-state index contributed by atoms with van der Waals surface area (Å²) in [7, 11) is 5.18. The zero-order valence-corrected chi connectivity index (χ0v) is 32.9. The van der Waals surface area contributed by atoms with Crippen molar-refractivity contribution in [3.05, 3.63) is 0 Å². The second-order valence-electron chi connectivity index (χ2n) is 16.5. The highest BCUT2D eigenvalue weighted by Gasteiger charge is 2.53. The van der Waals surface area contributed by atoms with Crippen LogP contribution < -0.4 is 0 Å². The van der Waals surface area contributed by atoms with E-state index in [-0.39, 0.29) is 31.4 Å². The van der Waals surface area contributed by atoms with Gasteiger partial charge in [0.25, 0.3) is 0 Å². The van der Waals surface area contributed by atoms with Crippen LogP contribution in [0.25, 0.3) is 0 Å². The van der Waals surface area contributed by atoms with Gasteiger partial charge in [0.1, 0.15) is 29.7 Å². The number of aliphatic hydroxyl groups excluding tert-OH is 3. The fraction of sp³-hybridized carbons (Fsp3) is 0.946. The maximum absolute atomic E-state index is 14.1. The first-order chi connectivity index (χ1) is 23.4. The molecule has 3 aliphatic rings. The number of hydrogen-bond donors (Lipinski definition) is 5. The highest BCUT2D eigenvalue weighted by Crippen LogP contribution is 2.40. The summed E-state index contributed by atoms with van der Waals surface area (Å²) in [6.07, 6.45) is -9.71. The van der Waals surface area contributed by atoms with E-state index >= 15 is 0 Å². The van der Waals surface area contributed by atoms with Gasteiger partial charge in [0.2, 0.25) is 0 Å². The van der Waals surface area contributed by atoms with Crippen LogP contribution >= 0.6 is 0 Å². The molecular weight excluding hydrogens is 666 g/mol. The van der Waals surface area contributed by atoms with Gasteiger partial charge in [0, 0.05) is 37.3 Å². The van der Waals surface area contributed by atoms with Gasteiger partial charge in [0.15, 0.2) is 12.6 Å². The molecule has 0 unspecified atom stereocenters. The molecule has 0 spiro atoms. The first-order valence-corrected chi connectivity index (χ1v) is 18.5. The summed E-state index contributed by atoms with van der Waals surface area (Å²) in [4.78, 5) is 29.8. The molecule has 3 rings (SSSR count). The summed E-state index contributed by atoms with van der Waals surface area (Å²) < 4.78 is 37.1. The van der Waals surface area contributed by atoms with Crippen molar-refractivity contribution in [3.63, 3.8) is 0 Å². The highest BCUT2D eigenvalue weighted by molar-refractivity contribution is 5.83. The van der Waals surface area contributed by atoms with Crippen molar-refractivity contribution in [1.82, 2.24) is 4.90 Å². The third-order valence-electron chi connectivity index (χ3n) is 11.8. The van der Waals surface area contributed by atoms with E-state index in [1.807, 2.05) is 25.9 Å². The van der Waals surface area contributed by atoms with Crippen LogP contribution in [0.4, 0.5) is 0 Å². The Morgan fingerprint density at radius 2 is 1.49 bits per heavy atom. The molecule has 3 heterocycles. The lowest BCUT2D eigenvalue weighted by molar-refractivity contribution is -0.318. The lowest BCUT2D eigenvalue weighted by Gasteiger charge is -2.49. The van der Waals surface area contributed by atoms with E-state index in [0.717, 1.165) is 0 Å². The molecule has 0 aromatic heterocycles. The van der Waals surface area contributed by atoms with Crippen molar-refractivity contribution in [1.29, 1.82) is 0 Å². The fourth-order valence-corrected chi connectivity index (χ4v) is 8.41. The third kappa shape index (κ3) is 9.51. The van der Waals surface area contributed by atoms with Crippen LogP contribution in [-0.4, -0.2) is 148 Å². The Labute approximate surface area is 304 Å². The molecule has 5 N–H and O–H groups in total. The summed E-state index contributed by atoms with van der Waals surface area (Å²) in [5, 5.41) is 57.6. The molecule has 298 valence electrons. The molecule has 18 atom stereocenters. The monoisotopic (exact) mass is 733 g/mol. The quantitative estimate of drug-likeness (QED) is 0.238. The molecule has 3 saturated heterocycles. The van der Waals surface area contributed by atoms with Crippen LogP contribution in [0.15, 0.2) is 0 Å². The molecule has 14 heteroatoms. The van der Waals surface area contributed by atoms with Crippen molar-refractivity contribution >= 4 is 11.8 Å². The number of methoxy groups -OCH3 is 1. The van der Waals surface area contributed by atoms with Crippen molar-refractivity contribution in [2.45, 2.75) is 179 Å². The molecule has 0 aromatic carbocycles. The van der Waals surface area contributed by atoms with E-state index in [2.05, 4.69) is 0 Å². The van der Waals surface area contributed by atoms with Gasteiger partial charge in [-0.15, -0.1) is 0 Å². The molecule has 0 saturated carbocycles. The topological polar surface area (TPSA) is 194 Å². The lowest BCUT2D eigenvalue weighted by atomic mass is 9.74. The average Bonchev–Trinajstić information content (AvgIpc) is 3.05. The predicted octanol–water partition coefficient (Wildman–Crippen LogP) is 1.79. The normalized spacial score (nSPS) is 49.7. The number of Topliss-reactive ketones (excluding diaryl/α,β-unsaturated/α-hetero) is 1. The van der Waals surface area contributed by atoms with E-state index in [4.69, 9.17) is 28.4 Å². The fourth-order valence-electron chi connectivity index (χ4n) is 8.41. The number of carbonyl (C=O) groups is 2. The number of likely N-dealkylation sites (N-methyl/N-ethyl adjacent to an activating group) is 1. The number of rotatable bonds is 7. The molecule has 51 heavy (non-hydrogen) atoms. The summed E-state index contributed by atoms with van der Waals surface area (Å²) >= 11 is 0. The number of cyclic esters (lactones) is 1. The van der Waals surface area contributed by atoms with E-state index in [1.54, 1.807) is 41.5 Å². The van der Waals surface area contributed by atoms with Gasteiger partial charge in [-0.25, -0.2) is 0 Å². The van der Waals surface area contributed by atoms with Crippen LogP contribution in [0, 0.1) is 23.7 Å². The highest BCUT2D eigenvalue weighted by atomic mass is 16.7. The van der Waals surface area contributed by atoms with Crippen molar-refractivity contribution in [3.8, 4) is 0 Å². The first-order valence-electron chi connectivity index (χ1n) is 18.5. The van der Waals surface area contributed by atoms with Crippen LogP contribution in [0.5, 0.6) is 0 Å². The molecule has 0 radical (unpaired) electrons. The van der Waals surface area contributed by atoms with Crippen molar-refractivity contribution < 1.29 is 63.5 Å². The third-order valence-corrected chi connectivity index (χ3v) is 11.8. The zero-order chi connectivity index (χ0) is 39.0. The molecule has 3 aliphatic heterocycles. The van der Waals surface area contributed by atoms with Crippen LogP contribution in [-0.2, 0) is 38.0 Å². The van der Waals surface area contributed by atoms with Gasteiger partial charge in [-0.1, -0.05) is 27.7 Å².